The van der Waals surface area contributed by atoms with Gasteiger partial charge in [-0.25, -0.2) is 4.68 Å². The Morgan fingerprint density at radius 2 is 1.85 bits per heavy atom. The number of nitrogens with one attached hydrogen (secondary N) is 1. The van der Waals surface area contributed by atoms with E-state index in [2.05, 4.69) is 10.4 Å². The third-order valence-corrected chi connectivity index (χ3v) is 4.21. The number of nitrogens with zero attached hydrogens (tertiary/aromatic N) is 3. The summed E-state index contributed by atoms with van der Waals surface area (Å²) in [6.45, 7) is 3.95. The van der Waals surface area contributed by atoms with E-state index in [1.807, 2.05) is 48.9 Å². The minimum Gasteiger partial charge on any atom is -0.320 e. The molecule has 0 saturated heterocycles. The van der Waals surface area contributed by atoms with Crippen LogP contribution in [0.25, 0.3) is 5.69 Å². The summed E-state index contributed by atoms with van der Waals surface area (Å²) in [7, 11) is 0. The van der Waals surface area contributed by atoms with Crippen LogP contribution in [0.15, 0.2) is 54.6 Å². The molecule has 2 aromatic carbocycles. The summed E-state index contributed by atoms with van der Waals surface area (Å²) in [5, 5.41) is 18.1. The lowest BCUT2D eigenvalue weighted by molar-refractivity contribution is -0.383. The summed E-state index contributed by atoms with van der Waals surface area (Å²) < 4.78 is 1.88. The molecule has 7 nitrogen and oxygen atoms in total. The molecule has 3 rings (SSSR count). The molecule has 0 atom stereocenters. The molecule has 0 saturated carbocycles. The fourth-order valence-electron chi connectivity index (χ4n) is 2.90. The van der Waals surface area contributed by atoms with Gasteiger partial charge in [0.2, 0.25) is 5.91 Å². The predicted octanol–water partition coefficient (Wildman–Crippen LogP) is 3.97. The van der Waals surface area contributed by atoms with Crippen LogP contribution in [0, 0.1) is 24.0 Å². The highest BCUT2D eigenvalue weighted by atomic mass is 16.6. The van der Waals surface area contributed by atoms with Crippen molar-refractivity contribution in [1.29, 1.82) is 0 Å². The second-order valence-corrected chi connectivity index (χ2v) is 6.33. The lowest BCUT2D eigenvalue weighted by atomic mass is 10.1. The van der Waals surface area contributed by atoms with Gasteiger partial charge in [-0.1, -0.05) is 24.3 Å². The number of hydrogen-bond acceptors (Lipinski definition) is 4. The molecular weight excluding hydrogens is 344 g/mol. The van der Waals surface area contributed by atoms with Gasteiger partial charge in [-0.2, -0.15) is 5.10 Å². The van der Waals surface area contributed by atoms with E-state index in [1.165, 1.54) is 12.1 Å². The van der Waals surface area contributed by atoms with E-state index in [1.54, 1.807) is 12.1 Å². The molecule has 0 unspecified atom stereocenters. The van der Waals surface area contributed by atoms with Crippen molar-refractivity contribution in [3.05, 3.63) is 81.7 Å². The number of nitro groups is 1. The van der Waals surface area contributed by atoms with Crippen LogP contribution in [0.1, 0.15) is 23.4 Å². The smallest absolute Gasteiger partial charge is 0.292 e. The first kappa shape index (κ1) is 18.3. The molecule has 0 aliphatic carbocycles. The van der Waals surface area contributed by atoms with Gasteiger partial charge in [-0.05, 0) is 50.1 Å². The van der Waals surface area contributed by atoms with Crippen LogP contribution in [-0.2, 0) is 11.2 Å². The monoisotopic (exact) mass is 364 g/mol. The number of nitro benzene ring substituents is 1. The topological polar surface area (TPSA) is 90.1 Å². The van der Waals surface area contributed by atoms with Crippen molar-refractivity contribution < 1.29 is 9.72 Å². The molecule has 138 valence electrons. The molecule has 1 amide bonds. The minimum atomic E-state index is -0.507. The van der Waals surface area contributed by atoms with Crippen LogP contribution in [0.5, 0.6) is 0 Å². The zero-order chi connectivity index (χ0) is 19.4. The van der Waals surface area contributed by atoms with Crippen LogP contribution >= 0.6 is 0 Å². The van der Waals surface area contributed by atoms with E-state index in [9.17, 15) is 14.9 Å². The quantitative estimate of drug-likeness (QED) is 0.529. The number of aromatic nitrogens is 2. The summed E-state index contributed by atoms with van der Waals surface area (Å²) in [6, 6.07) is 16.0. The first-order chi connectivity index (χ1) is 12.9. The van der Waals surface area contributed by atoms with Crippen LogP contribution in [-0.4, -0.2) is 20.6 Å². The molecule has 0 fully saturated rings. The molecule has 0 radical (unpaired) electrons. The lowest BCUT2D eigenvalue weighted by Crippen LogP contribution is -2.13. The number of carbonyl (C=O) groups is 1. The van der Waals surface area contributed by atoms with Gasteiger partial charge in [0.25, 0.3) is 5.69 Å². The highest BCUT2D eigenvalue weighted by molar-refractivity contribution is 5.93. The average Bonchev–Trinajstić information content (AvgIpc) is 2.99. The van der Waals surface area contributed by atoms with Gasteiger partial charge in [0, 0.05) is 18.2 Å². The fraction of sp³-hybridized carbons (Fsp3) is 0.200. The van der Waals surface area contributed by atoms with Crippen molar-refractivity contribution in [2.75, 3.05) is 5.32 Å². The molecular formula is C20H20N4O3. The van der Waals surface area contributed by atoms with E-state index >= 15 is 0 Å². The second-order valence-electron chi connectivity index (χ2n) is 6.33. The number of amides is 1. The Bertz CT molecular complexity index is 977. The first-order valence-corrected chi connectivity index (χ1v) is 8.60. The zero-order valence-corrected chi connectivity index (χ0v) is 15.2. The Kier molecular flexibility index (Phi) is 5.30. The lowest BCUT2D eigenvalue weighted by Gasteiger charge is -2.07. The zero-order valence-electron chi connectivity index (χ0n) is 15.2. The highest BCUT2D eigenvalue weighted by Crippen LogP contribution is 2.23. The molecule has 0 aliphatic heterocycles. The average molecular weight is 364 g/mol. The van der Waals surface area contributed by atoms with Gasteiger partial charge in [0.15, 0.2) is 0 Å². The normalized spacial score (nSPS) is 10.6. The third-order valence-electron chi connectivity index (χ3n) is 4.21. The van der Waals surface area contributed by atoms with Crippen LogP contribution in [0.3, 0.4) is 0 Å². The maximum Gasteiger partial charge on any atom is 0.292 e. The number of carbonyl (C=O) groups excluding carboxylic acids is 1. The number of rotatable bonds is 6. The molecule has 1 aromatic heterocycles. The fourth-order valence-corrected chi connectivity index (χ4v) is 2.90. The number of hydrogen-bond donors (Lipinski definition) is 1. The summed E-state index contributed by atoms with van der Waals surface area (Å²) >= 11 is 0. The second kappa shape index (κ2) is 7.82. The predicted molar refractivity (Wildman–Crippen MR) is 103 cm³/mol. The van der Waals surface area contributed by atoms with Crippen molar-refractivity contribution in [3.8, 4) is 5.69 Å². The minimum absolute atomic E-state index is 0.111. The van der Waals surface area contributed by atoms with E-state index in [4.69, 9.17) is 0 Å². The largest absolute Gasteiger partial charge is 0.320 e. The molecule has 3 aromatic rings. The van der Waals surface area contributed by atoms with Gasteiger partial charge >= 0.3 is 0 Å². The van der Waals surface area contributed by atoms with Gasteiger partial charge in [-0.15, -0.1) is 0 Å². The highest BCUT2D eigenvalue weighted by Gasteiger charge is 2.14. The SMILES string of the molecule is Cc1cc(C)n(-c2ccc(CCC(=O)Nc3ccccc3[N+](=O)[O-])cc2)n1. The number of aryl methyl sites for hydroxylation is 3. The van der Waals surface area contributed by atoms with Gasteiger partial charge < -0.3 is 5.32 Å². The van der Waals surface area contributed by atoms with Crippen molar-refractivity contribution in [3.63, 3.8) is 0 Å². The van der Waals surface area contributed by atoms with E-state index in [0.717, 1.165) is 22.6 Å². The molecule has 1 N–H and O–H groups in total. The number of para-hydroxylation sites is 2. The molecule has 0 spiro atoms. The molecule has 0 aliphatic rings. The van der Waals surface area contributed by atoms with Crippen molar-refractivity contribution in [2.45, 2.75) is 26.7 Å². The molecule has 7 heteroatoms. The Morgan fingerprint density at radius 3 is 2.48 bits per heavy atom. The Balaban J connectivity index is 1.61. The summed E-state index contributed by atoms with van der Waals surface area (Å²) in [4.78, 5) is 22.6. The standard InChI is InChI=1S/C20H20N4O3/c1-14-13-15(2)23(22-14)17-10-7-16(8-11-17)9-12-20(25)21-18-5-3-4-6-19(18)24(26)27/h3-8,10-11,13H,9,12H2,1-2H3,(H,21,25). The molecule has 1 heterocycles. The summed E-state index contributed by atoms with van der Waals surface area (Å²) in [5.41, 5.74) is 4.10. The Morgan fingerprint density at radius 1 is 1.15 bits per heavy atom. The number of benzene rings is 2. The van der Waals surface area contributed by atoms with Crippen LogP contribution < -0.4 is 5.32 Å². The van der Waals surface area contributed by atoms with Gasteiger partial charge in [-0.3, -0.25) is 14.9 Å². The number of anilines is 1. The van der Waals surface area contributed by atoms with E-state index in [-0.39, 0.29) is 23.7 Å². The first-order valence-electron chi connectivity index (χ1n) is 8.60. The van der Waals surface area contributed by atoms with E-state index in [0.29, 0.717) is 6.42 Å². The maximum atomic E-state index is 12.1. The maximum absolute atomic E-state index is 12.1. The molecule has 0 bridgehead atoms. The van der Waals surface area contributed by atoms with Crippen molar-refractivity contribution >= 4 is 17.3 Å². The Labute approximate surface area is 156 Å². The van der Waals surface area contributed by atoms with Gasteiger partial charge in [0.05, 0.1) is 16.3 Å². The van der Waals surface area contributed by atoms with Crippen molar-refractivity contribution in [2.24, 2.45) is 0 Å². The van der Waals surface area contributed by atoms with Crippen molar-refractivity contribution in [1.82, 2.24) is 9.78 Å². The third kappa shape index (κ3) is 4.38. The summed E-state index contributed by atoms with van der Waals surface area (Å²) in [5.74, 6) is -0.257. The Hall–Kier alpha value is -3.48. The van der Waals surface area contributed by atoms with E-state index < -0.39 is 4.92 Å². The summed E-state index contributed by atoms with van der Waals surface area (Å²) in [6.07, 6.45) is 0.787. The van der Waals surface area contributed by atoms with Crippen LogP contribution in [0.2, 0.25) is 0 Å². The van der Waals surface area contributed by atoms with Gasteiger partial charge in [0.1, 0.15) is 5.69 Å². The molecule has 27 heavy (non-hydrogen) atoms. The van der Waals surface area contributed by atoms with Crippen LogP contribution in [0.4, 0.5) is 11.4 Å².